The van der Waals surface area contributed by atoms with E-state index in [1.807, 2.05) is 44.2 Å². The number of para-hydroxylation sites is 1. The van der Waals surface area contributed by atoms with Crippen LogP contribution in [-0.2, 0) is 14.8 Å². The average Bonchev–Trinajstić information content (AvgIpc) is 2.77. The van der Waals surface area contributed by atoms with Gasteiger partial charge >= 0.3 is 0 Å². The first kappa shape index (κ1) is 22.4. The normalized spacial score (nSPS) is 12.1. The maximum Gasteiger partial charge on any atom is 0.264 e. The van der Waals surface area contributed by atoms with Crippen LogP contribution in [0, 0.1) is 6.92 Å². The van der Waals surface area contributed by atoms with Crippen molar-refractivity contribution in [3.05, 3.63) is 90.0 Å². The number of aryl methyl sites for hydroxylation is 1. The zero-order valence-electron chi connectivity index (χ0n) is 17.8. The fourth-order valence-corrected chi connectivity index (χ4v) is 4.77. The number of benzene rings is 3. The Morgan fingerprint density at radius 1 is 1.00 bits per heavy atom. The van der Waals surface area contributed by atoms with Gasteiger partial charge in [0, 0.05) is 5.56 Å². The van der Waals surface area contributed by atoms with Crippen LogP contribution < -0.4 is 14.4 Å². The number of amides is 1. The summed E-state index contributed by atoms with van der Waals surface area (Å²) in [5, 5.41) is 2.88. The maximum absolute atomic E-state index is 13.4. The van der Waals surface area contributed by atoms with Crippen LogP contribution in [0.25, 0.3) is 0 Å². The van der Waals surface area contributed by atoms with Gasteiger partial charge in [-0.25, -0.2) is 8.42 Å². The van der Waals surface area contributed by atoms with E-state index in [-0.39, 0.29) is 17.5 Å². The molecular formula is C24H26N2O4S. The lowest BCUT2D eigenvalue weighted by Crippen LogP contribution is -2.41. The lowest BCUT2D eigenvalue weighted by molar-refractivity contribution is -0.120. The zero-order valence-corrected chi connectivity index (χ0v) is 18.6. The molecule has 7 heteroatoms. The highest BCUT2D eigenvalue weighted by Gasteiger charge is 2.28. The van der Waals surface area contributed by atoms with Crippen LogP contribution in [0.5, 0.6) is 5.75 Å². The second-order valence-electron chi connectivity index (χ2n) is 7.19. The minimum Gasteiger partial charge on any atom is -0.496 e. The third-order valence-electron chi connectivity index (χ3n) is 4.89. The van der Waals surface area contributed by atoms with E-state index in [0.29, 0.717) is 11.4 Å². The first-order valence-corrected chi connectivity index (χ1v) is 11.3. The number of nitrogens with one attached hydrogen (secondary N) is 1. The van der Waals surface area contributed by atoms with E-state index < -0.39 is 15.9 Å². The minimum absolute atomic E-state index is 0.127. The van der Waals surface area contributed by atoms with Crippen molar-refractivity contribution in [2.75, 3.05) is 18.0 Å². The number of hydrogen-bond donors (Lipinski definition) is 1. The van der Waals surface area contributed by atoms with Gasteiger partial charge in [-0.2, -0.15) is 0 Å². The number of sulfonamides is 1. The molecule has 0 aliphatic carbocycles. The number of hydrogen-bond acceptors (Lipinski definition) is 4. The second-order valence-corrected chi connectivity index (χ2v) is 9.06. The SMILES string of the molecule is COc1ccccc1[C@@H](C)NC(=O)CN(c1cccc(C)c1)S(=O)(=O)c1ccccc1. The fraction of sp³-hybridized carbons (Fsp3) is 0.208. The third kappa shape index (κ3) is 5.24. The lowest BCUT2D eigenvalue weighted by Gasteiger charge is -2.25. The molecule has 0 aromatic heterocycles. The second kappa shape index (κ2) is 9.66. The standard InChI is InChI=1S/C24H26N2O4S/c1-18-10-9-11-20(16-18)26(31(28,29)21-12-5-4-6-13-21)17-24(27)25-19(2)22-14-7-8-15-23(22)30-3/h4-16,19H,17H2,1-3H3,(H,25,27)/t19-/m1/s1. The van der Waals surface area contributed by atoms with Crippen LogP contribution in [0.2, 0.25) is 0 Å². The molecule has 1 amide bonds. The molecule has 0 aliphatic heterocycles. The molecule has 162 valence electrons. The average molecular weight is 439 g/mol. The van der Waals surface area contributed by atoms with Gasteiger partial charge in [-0.1, -0.05) is 48.5 Å². The largest absolute Gasteiger partial charge is 0.496 e. The molecule has 0 saturated heterocycles. The summed E-state index contributed by atoms with van der Waals surface area (Å²) < 4.78 is 33.2. The molecule has 3 aromatic rings. The topological polar surface area (TPSA) is 75.7 Å². The van der Waals surface area contributed by atoms with Gasteiger partial charge in [-0.05, 0) is 49.7 Å². The summed E-state index contributed by atoms with van der Waals surface area (Å²) in [6.07, 6.45) is 0. The molecule has 0 saturated carbocycles. The number of methoxy groups -OCH3 is 1. The predicted molar refractivity (Wildman–Crippen MR) is 122 cm³/mol. The molecule has 6 nitrogen and oxygen atoms in total. The van der Waals surface area contributed by atoms with Crippen molar-refractivity contribution in [3.63, 3.8) is 0 Å². The summed E-state index contributed by atoms with van der Waals surface area (Å²) in [6, 6.07) is 22.2. The number of carbonyl (C=O) groups is 1. The molecular weight excluding hydrogens is 412 g/mol. The summed E-state index contributed by atoms with van der Waals surface area (Å²) in [5.74, 6) is 0.238. The van der Waals surface area contributed by atoms with Crippen LogP contribution >= 0.6 is 0 Å². The van der Waals surface area contributed by atoms with Crippen molar-refractivity contribution < 1.29 is 17.9 Å². The van der Waals surface area contributed by atoms with Crippen LogP contribution in [0.3, 0.4) is 0 Å². The van der Waals surface area contributed by atoms with E-state index in [4.69, 9.17) is 4.74 Å². The summed E-state index contributed by atoms with van der Waals surface area (Å²) in [6.45, 7) is 3.36. The Morgan fingerprint density at radius 3 is 2.35 bits per heavy atom. The highest BCUT2D eigenvalue weighted by atomic mass is 32.2. The van der Waals surface area contributed by atoms with Crippen LogP contribution in [0.15, 0.2) is 83.8 Å². The summed E-state index contributed by atoms with van der Waals surface area (Å²) in [5.41, 5.74) is 2.14. The van der Waals surface area contributed by atoms with Gasteiger partial charge in [-0.15, -0.1) is 0 Å². The number of anilines is 1. The Morgan fingerprint density at radius 2 is 1.68 bits per heavy atom. The van der Waals surface area contributed by atoms with Crippen LogP contribution in [0.1, 0.15) is 24.1 Å². The Kier molecular flexibility index (Phi) is 6.97. The number of rotatable bonds is 8. The smallest absolute Gasteiger partial charge is 0.264 e. The lowest BCUT2D eigenvalue weighted by atomic mass is 10.1. The molecule has 1 atom stereocenters. The fourth-order valence-electron chi connectivity index (χ4n) is 3.34. The van der Waals surface area contributed by atoms with Crippen LogP contribution in [-0.4, -0.2) is 28.0 Å². The summed E-state index contributed by atoms with van der Waals surface area (Å²) in [4.78, 5) is 13.0. The molecule has 31 heavy (non-hydrogen) atoms. The van der Waals surface area contributed by atoms with E-state index >= 15 is 0 Å². The number of nitrogens with zero attached hydrogens (tertiary/aromatic N) is 1. The first-order chi connectivity index (χ1) is 14.8. The molecule has 0 heterocycles. The number of carbonyl (C=O) groups excluding carboxylic acids is 1. The molecule has 0 spiro atoms. The monoisotopic (exact) mass is 438 g/mol. The highest BCUT2D eigenvalue weighted by molar-refractivity contribution is 7.92. The van der Waals surface area contributed by atoms with E-state index in [2.05, 4.69) is 5.32 Å². The van der Waals surface area contributed by atoms with Gasteiger partial charge < -0.3 is 10.1 Å². The van der Waals surface area contributed by atoms with E-state index in [0.717, 1.165) is 15.4 Å². The van der Waals surface area contributed by atoms with E-state index in [9.17, 15) is 13.2 Å². The molecule has 0 fully saturated rings. The molecule has 3 aromatic carbocycles. The maximum atomic E-state index is 13.4. The van der Waals surface area contributed by atoms with Gasteiger partial charge in [0.1, 0.15) is 12.3 Å². The Balaban J connectivity index is 1.89. The summed E-state index contributed by atoms with van der Waals surface area (Å²) in [7, 11) is -2.36. The van der Waals surface area contributed by atoms with Gasteiger partial charge in [0.15, 0.2) is 0 Å². The molecule has 3 rings (SSSR count). The Bertz CT molecular complexity index is 1150. The summed E-state index contributed by atoms with van der Waals surface area (Å²) >= 11 is 0. The molecule has 0 aliphatic rings. The highest BCUT2D eigenvalue weighted by Crippen LogP contribution is 2.26. The van der Waals surface area contributed by atoms with Crippen molar-refractivity contribution in [1.29, 1.82) is 0 Å². The van der Waals surface area contributed by atoms with Crippen LogP contribution in [0.4, 0.5) is 5.69 Å². The predicted octanol–water partition coefficient (Wildman–Crippen LogP) is 4.08. The van der Waals surface area contributed by atoms with E-state index in [1.54, 1.807) is 43.5 Å². The zero-order chi connectivity index (χ0) is 22.4. The van der Waals surface area contributed by atoms with Crippen molar-refractivity contribution in [2.45, 2.75) is 24.8 Å². The van der Waals surface area contributed by atoms with E-state index in [1.165, 1.54) is 12.1 Å². The Hall–Kier alpha value is -3.32. The van der Waals surface area contributed by atoms with Gasteiger partial charge in [0.2, 0.25) is 5.91 Å². The van der Waals surface area contributed by atoms with Crippen molar-refractivity contribution in [1.82, 2.24) is 5.32 Å². The van der Waals surface area contributed by atoms with Gasteiger partial charge in [-0.3, -0.25) is 9.10 Å². The van der Waals surface area contributed by atoms with Gasteiger partial charge in [0.25, 0.3) is 10.0 Å². The third-order valence-corrected chi connectivity index (χ3v) is 6.68. The molecule has 0 unspecified atom stereocenters. The van der Waals surface area contributed by atoms with Crippen molar-refractivity contribution in [3.8, 4) is 5.75 Å². The molecule has 0 bridgehead atoms. The Labute approximate surface area is 183 Å². The minimum atomic E-state index is -3.93. The van der Waals surface area contributed by atoms with Gasteiger partial charge in [0.05, 0.1) is 23.7 Å². The van der Waals surface area contributed by atoms with Crippen molar-refractivity contribution >= 4 is 21.6 Å². The molecule has 0 radical (unpaired) electrons. The first-order valence-electron chi connectivity index (χ1n) is 9.89. The molecule has 1 N–H and O–H groups in total. The van der Waals surface area contributed by atoms with Crippen molar-refractivity contribution in [2.24, 2.45) is 0 Å². The quantitative estimate of drug-likeness (QED) is 0.575. The number of ether oxygens (including phenoxy) is 1.